The Balaban J connectivity index is 1.17. The Hall–Kier alpha value is -3.17. The van der Waals surface area contributed by atoms with Crippen LogP contribution in [0.4, 0.5) is 5.69 Å². The predicted octanol–water partition coefficient (Wildman–Crippen LogP) is 4.05. The van der Waals surface area contributed by atoms with E-state index >= 15 is 0 Å². The molecule has 0 radical (unpaired) electrons. The highest BCUT2D eigenvalue weighted by Crippen LogP contribution is 2.34. The number of aromatic nitrogens is 1. The van der Waals surface area contributed by atoms with Crippen LogP contribution in [-0.2, 0) is 9.59 Å². The molecule has 3 aliphatic heterocycles. The molecule has 1 aromatic heterocycles. The van der Waals surface area contributed by atoms with Gasteiger partial charge in [-0.25, -0.2) is 0 Å². The number of rotatable bonds is 7. The Bertz CT molecular complexity index is 1340. The van der Waals surface area contributed by atoms with Crippen molar-refractivity contribution >= 4 is 35.0 Å². The van der Waals surface area contributed by atoms with Crippen molar-refractivity contribution < 1.29 is 19.5 Å². The number of pyridine rings is 1. The van der Waals surface area contributed by atoms with E-state index in [0.717, 1.165) is 37.3 Å². The lowest BCUT2D eigenvalue weighted by Crippen LogP contribution is -2.44. The second-order valence-electron chi connectivity index (χ2n) is 12.3. The van der Waals surface area contributed by atoms with Crippen LogP contribution in [0.2, 0.25) is 5.02 Å². The third kappa shape index (κ3) is 6.27. The first-order valence-corrected chi connectivity index (χ1v) is 15.4. The van der Waals surface area contributed by atoms with E-state index in [1.54, 1.807) is 13.8 Å². The number of carbonyl (C=O) groups is 3. The minimum absolute atomic E-state index is 0.0469. The Kier molecular flexibility index (Phi) is 9.08. The molecular formula is C32H42ClN5O4. The first-order chi connectivity index (χ1) is 20.0. The number of halogens is 1. The molecule has 3 aliphatic rings. The maximum absolute atomic E-state index is 13.8. The van der Waals surface area contributed by atoms with E-state index < -0.39 is 0 Å². The zero-order valence-electron chi connectivity index (χ0n) is 25.1. The first kappa shape index (κ1) is 30.3. The highest BCUT2D eigenvalue weighted by Gasteiger charge is 2.42. The van der Waals surface area contributed by atoms with Crippen molar-refractivity contribution in [1.29, 1.82) is 0 Å². The van der Waals surface area contributed by atoms with Crippen LogP contribution in [-0.4, -0.2) is 94.9 Å². The van der Waals surface area contributed by atoms with Crippen molar-refractivity contribution in [3.8, 4) is 5.75 Å². The van der Waals surface area contributed by atoms with Gasteiger partial charge in [-0.15, -0.1) is 0 Å². The van der Waals surface area contributed by atoms with Gasteiger partial charge in [0.1, 0.15) is 5.75 Å². The number of nitrogens with zero attached hydrogens (tertiary/aromatic N) is 5. The fraction of sp³-hybridized carbons (Fsp3) is 0.562. The van der Waals surface area contributed by atoms with E-state index in [2.05, 4.69) is 9.88 Å². The molecule has 4 heterocycles. The van der Waals surface area contributed by atoms with Crippen LogP contribution < -0.4 is 4.90 Å². The molecule has 5 rings (SSSR count). The third-order valence-electron chi connectivity index (χ3n) is 9.44. The summed E-state index contributed by atoms with van der Waals surface area (Å²) in [6.45, 7) is 13.1. The van der Waals surface area contributed by atoms with E-state index in [4.69, 9.17) is 11.6 Å². The lowest BCUT2D eigenvalue weighted by Gasteiger charge is -2.34. The maximum atomic E-state index is 13.8. The largest absolute Gasteiger partial charge is 0.506 e. The molecule has 0 bridgehead atoms. The second kappa shape index (κ2) is 12.6. The van der Waals surface area contributed by atoms with Gasteiger partial charge >= 0.3 is 0 Å². The smallest absolute Gasteiger partial charge is 0.256 e. The molecule has 1 N–H and O–H groups in total. The minimum atomic E-state index is -0.107. The highest BCUT2D eigenvalue weighted by molar-refractivity contribution is 6.31. The maximum Gasteiger partial charge on any atom is 0.256 e. The van der Waals surface area contributed by atoms with Crippen LogP contribution in [0.5, 0.6) is 5.75 Å². The zero-order chi connectivity index (χ0) is 30.1. The molecule has 3 saturated heterocycles. The van der Waals surface area contributed by atoms with Gasteiger partial charge in [-0.2, -0.15) is 0 Å². The number of amides is 3. The molecule has 2 unspecified atom stereocenters. The van der Waals surface area contributed by atoms with Crippen molar-refractivity contribution in [3.05, 3.63) is 51.8 Å². The van der Waals surface area contributed by atoms with Crippen LogP contribution in [0.15, 0.2) is 24.4 Å². The third-order valence-corrected chi connectivity index (χ3v) is 9.85. The Morgan fingerprint density at radius 1 is 1.02 bits per heavy atom. The summed E-state index contributed by atoms with van der Waals surface area (Å²) in [6, 6.07) is 5.82. The number of fused-ring (bicyclic) bond motifs is 1. The summed E-state index contributed by atoms with van der Waals surface area (Å²) in [5.74, 6) is 0.903. The molecule has 0 saturated carbocycles. The average molecular weight is 596 g/mol. The first-order valence-electron chi connectivity index (χ1n) is 15.0. The minimum Gasteiger partial charge on any atom is -0.506 e. The molecule has 10 heteroatoms. The SMILES string of the molecule is CC(=O)N1CCC(C(=O)N(CCCN2CC3CN(C(=O)c4c(C)ncc(O)c4C)CC3C2)c2ccc(C)c(Cl)c2)CC1. The van der Waals surface area contributed by atoms with Crippen molar-refractivity contribution in [1.82, 2.24) is 19.7 Å². The molecule has 42 heavy (non-hydrogen) atoms. The second-order valence-corrected chi connectivity index (χ2v) is 12.7. The summed E-state index contributed by atoms with van der Waals surface area (Å²) < 4.78 is 0. The number of carbonyl (C=O) groups excluding carboxylic acids is 3. The topological polar surface area (TPSA) is 97.3 Å². The van der Waals surface area contributed by atoms with E-state index in [9.17, 15) is 19.5 Å². The van der Waals surface area contributed by atoms with Gasteiger partial charge in [0.2, 0.25) is 11.8 Å². The van der Waals surface area contributed by atoms with Crippen LogP contribution in [0, 0.1) is 38.5 Å². The molecule has 226 valence electrons. The van der Waals surface area contributed by atoms with Gasteiger partial charge in [0.05, 0.1) is 17.5 Å². The van der Waals surface area contributed by atoms with Gasteiger partial charge < -0.3 is 24.7 Å². The van der Waals surface area contributed by atoms with Gasteiger partial charge in [-0.05, 0) is 76.1 Å². The lowest BCUT2D eigenvalue weighted by atomic mass is 9.94. The summed E-state index contributed by atoms with van der Waals surface area (Å²) >= 11 is 6.46. The van der Waals surface area contributed by atoms with Crippen molar-refractivity contribution in [2.75, 3.05) is 57.3 Å². The van der Waals surface area contributed by atoms with Crippen LogP contribution in [0.1, 0.15) is 53.4 Å². The number of likely N-dealkylation sites (tertiary alicyclic amines) is 3. The number of aryl methyl sites for hydroxylation is 2. The standard InChI is InChI=1S/C32H42ClN5O4/c1-20-6-7-27(14-28(20)33)38(31(41)24-8-12-36(13-9-24)23(4)39)11-5-10-35-16-25-18-37(19-26(25)17-35)32(42)30-21(2)29(40)15-34-22(30)3/h6-7,14-15,24-26,40H,5,8-13,16-19H2,1-4H3. The molecule has 9 nitrogen and oxygen atoms in total. The Morgan fingerprint density at radius 3 is 2.31 bits per heavy atom. The van der Waals surface area contributed by atoms with Crippen LogP contribution >= 0.6 is 11.6 Å². The van der Waals surface area contributed by atoms with Gasteiger partial charge in [0.15, 0.2) is 0 Å². The lowest BCUT2D eigenvalue weighted by molar-refractivity contribution is -0.133. The predicted molar refractivity (Wildman–Crippen MR) is 163 cm³/mol. The molecule has 3 fully saturated rings. The fourth-order valence-electron chi connectivity index (χ4n) is 6.86. The van der Waals surface area contributed by atoms with Gasteiger partial charge in [0.25, 0.3) is 5.91 Å². The summed E-state index contributed by atoms with van der Waals surface area (Å²) in [4.78, 5) is 51.1. The van der Waals surface area contributed by atoms with Crippen LogP contribution in [0.3, 0.4) is 0 Å². The highest BCUT2D eigenvalue weighted by atomic mass is 35.5. The normalized spacial score (nSPS) is 21.1. The number of hydrogen-bond acceptors (Lipinski definition) is 6. The Morgan fingerprint density at radius 2 is 1.69 bits per heavy atom. The van der Waals surface area contributed by atoms with Gasteiger partial charge in [0, 0.05) is 74.9 Å². The Labute approximate surface area is 253 Å². The molecule has 3 amide bonds. The van der Waals surface area contributed by atoms with E-state index in [0.29, 0.717) is 79.2 Å². The van der Waals surface area contributed by atoms with E-state index in [1.807, 2.05) is 46.7 Å². The van der Waals surface area contributed by atoms with Gasteiger partial charge in [-0.3, -0.25) is 19.4 Å². The summed E-state index contributed by atoms with van der Waals surface area (Å²) in [5, 5.41) is 10.7. The fourth-order valence-corrected chi connectivity index (χ4v) is 7.04. The average Bonchev–Trinajstić information content (AvgIpc) is 3.54. The molecule has 2 atom stereocenters. The van der Waals surface area contributed by atoms with Crippen LogP contribution in [0.25, 0.3) is 0 Å². The molecule has 0 spiro atoms. The molecular weight excluding hydrogens is 554 g/mol. The summed E-state index contributed by atoms with van der Waals surface area (Å²) in [7, 11) is 0. The van der Waals surface area contributed by atoms with E-state index in [-0.39, 0.29) is 29.4 Å². The zero-order valence-corrected chi connectivity index (χ0v) is 25.9. The molecule has 0 aliphatic carbocycles. The molecule has 2 aromatic rings. The number of anilines is 1. The van der Waals surface area contributed by atoms with Gasteiger partial charge in [-0.1, -0.05) is 17.7 Å². The number of benzene rings is 1. The number of piperidine rings is 1. The number of aromatic hydroxyl groups is 1. The van der Waals surface area contributed by atoms with Crippen molar-refractivity contribution in [2.45, 2.75) is 47.0 Å². The quantitative estimate of drug-likeness (QED) is 0.519. The van der Waals surface area contributed by atoms with E-state index in [1.165, 1.54) is 6.20 Å². The summed E-state index contributed by atoms with van der Waals surface area (Å²) in [6.07, 6.45) is 3.59. The van der Waals surface area contributed by atoms with Crippen molar-refractivity contribution in [2.24, 2.45) is 17.8 Å². The summed E-state index contributed by atoms with van der Waals surface area (Å²) in [5.41, 5.74) is 3.55. The monoisotopic (exact) mass is 595 g/mol. The van der Waals surface area contributed by atoms with Crippen molar-refractivity contribution in [3.63, 3.8) is 0 Å². The number of hydrogen-bond donors (Lipinski definition) is 1. The molecule has 1 aromatic carbocycles.